The van der Waals surface area contributed by atoms with E-state index < -0.39 is 27.9 Å². The summed E-state index contributed by atoms with van der Waals surface area (Å²) in [5, 5.41) is 12.9. The van der Waals surface area contributed by atoms with Crippen LogP contribution >= 0.6 is 0 Å². The Kier molecular flexibility index (Phi) is 6.43. The number of amides is 1. The van der Waals surface area contributed by atoms with Gasteiger partial charge >= 0.3 is 0 Å². The van der Waals surface area contributed by atoms with Crippen molar-refractivity contribution in [3.05, 3.63) is 66.0 Å². The van der Waals surface area contributed by atoms with Crippen molar-refractivity contribution in [1.29, 1.82) is 0 Å². The highest BCUT2D eigenvalue weighted by atomic mass is 32.2. The maximum Gasteiger partial charge on any atom is 0.243 e. The van der Waals surface area contributed by atoms with Crippen LogP contribution in [0.4, 0.5) is 4.39 Å². The summed E-state index contributed by atoms with van der Waals surface area (Å²) in [5.41, 5.74) is 0.701. The Morgan fingerprint density at radius 2 is 1.86 bits per heavy atom. The van der Waals surface area contributed by atoms with Crippen LogP contribution in [0.25, 0.3) is 0 Å². The lowest BCUT2D eigenvalue weighted by molar-refractivity contribution is -0.126. The van der Waals surface area contributed by atoms with Gasteiger partial charge in [-0.25, -0.2) is 12.8 Å². The lowest BCUT2D eigenvalue weighted by Gasteiger charge is -2.31. The van der Waals surface area contributed by atoms with Gasteiger partial charge in [-0.3, -0.25) is 4.79 Å². The Morgan fingerprint density at radius 1 is 1.18 bits per heavy atom. The normalized spacial score (nSPS) is 19.1. The number of halogens is 1. The van der Waals surface area contributed by atoms with E-state index >= 15 is 0 Å². The molecule has 6 nitrogen and oxygen atoms in total. The Bertz CT molecular complexity index is 904. The number of carbonyl (C=O) groups is 1. The second-order valence-electron chi connectivity index (χ2n) is 6.83. The first-order valence-corrected chi connectivity index (χ1v) is 10.6. The summed E-state index contributed by atoms with van der Waals surface area (Å²) in [6.07, 6.45) is 0.301. The highest BCUT2D eigenvalue weighted by Gasteiger charge is 2.33. The van der Waals surface area contributed by atoms with Gasteiger partial charge in [0.15, 0.2) is 0 Å². The maximum absolute atomic E-state index is 13.1. The highest BCUT2D eigenvalue weighted by molar-refractivity contribution is 7.89. The summed E-state index contributed by atoms with van der Waals surface area (Å²) in [7, 11) is -3.78. The van der Waals surface area contributed by atoms with E-state index in [0.717, 1.165) is 12.1 Å². The lowest BCUT2D eigenvalue weighted by atomic mass is 9.98. The zero-order valence-electron chi connectivity index (χ0n) is 15.3. The molecule has 1 amide bonds. The molecule has 0 aliphatic carbocycles. The van der Waals surface area contributed by atoms with Crippen molar-refractivity contribution in [3.8, 4) is 0 Å². The van der Waals surface area contributed by atoms with E-state index in [0.29, 0.717) is 24.9 Å². The Morgan fingerprint density at radius 3 is 2.54 bits per heavy atom. The monoisotopic (exact) mass is 406 g/mol. The predicted octanol–water partition coefficient (Wildman–Crippen LogP) is 2.08. The van der Waals surface area contributed by atoms with Crippen molar-refractivity contribution >= 4 is 15.9 Å². The molecule has 2 aromatic carbocycles. The average molecular weight is 406 g/mol. The van der Waals surface area contributed by atoms with E-state index in [1.807, 2.05) is 6.07 Å². The summed E-state index contributed by atoms with van der Waals surface area (Å²) < 4.78 is 39.8. The maximum atomic E-state index is 13.1. The van der Waals surface area contributed by atoms with Gasteiger partial charge < -0.3 is 10.4 Å². The Hall–Kier alpha value is -2.29. The van der Waals surface area contributed by atoms with E-state index in [2.05, 4.69) is 5.32 Å². The first-order chi connectivity index (χ1) is 13.4. The summed E-state index contributed by atoms with van der Waals surface area (Å²) in [6, 6.07) is 13.7. The molecule has 1 heterocycles. The van der Waals surface area contributed by atoms with Crippen molar-refractivity contribution in [3.63, 3.8) is 0 Å². The van der Waals surface area contributed by atoms with Crippen molar-refractivity contribution in [2.24, 2.45) is 5.92 Å². The van der Waals surface area contributed by atoms with Crippen LogP contribution in [0.3, 0.4) is 0 Å². The lowest BCUT2D eigenvalue weighted by Crippen LogP contribution is -2.46. The van der Waals surface area contributed by atoms with E-state index in [1.165, 1.54) is 16.4 Å². The van der Waals surface area contributed by atoms with Gasteiger partial charge in [-0.05, 0) is 42.7 Å². The minimum atomic E-state index is -3.78. The number of benzene rings is 2. The third kappa shape index (κ3) is 4.76. The quantitative estimate of drug-likeness (QED) is 0.769. The predicted molar refractivity (Wildman–Crippen MR) is 102 cm³/mol. The largest absolute Gasteiger partial charge is 0.387 e. The summed E-state index contributed by atoms with van der Waals surface area (Å²) in [4.78, 5) is 12.5. The second kappa shape index (κ2) is 8.81. The molecule has 0 radical (unpaired) electrons. The molecule has 1 aliphatic heterocycles. The van der Waals surface area contributed by atoms with Crippen LogP contribution in [0, 0.1) is 11.7 Å². The zero-order valence-corrected chi connectivity index (χ0v) is 16.1. The van der Waals surface area contributed by atoms with Crippen molar-refractivity contribution in [1.82, 2.24) is 9.62 Å². The number of nitrogens with zero attached hydrogens (tertiary/aromatic N) is 1. The number of carbonyl (C=O) groups excluding carboxylic acids is 1. The van der Waals surface area contributed by atoms with Gasteiger partial charge in [0, 0.05) is 19.6 Å². The first kappa shape index (κ1) is 20.4. The van der Waals surface area contributed by atoms with E-state index in [9.17, 15) is 22.7 Å². The number of rotatable bonds is 6. The third-order valence-corrected chi connectivity index (χ3v) is 6.74. The van der Waals surface area contributed by atoms with E-state index in [1.54, 1.807) is 24.3 Å². The van der Waals surface area contributed by atoms with Gasteiger partial charge in [0.1, 0.15) is 5.82 Å². The summed E-state index contributed by atoms with van der Waals surface area (Å²) >= 11 is 0. The molecule has 8 heteroatoms. The number of aliphatic hydroxyl groups excluding tert-OH is 1. The van der Waals surface area contributed by atoms with Crippen LogP contribution in [-0.2, 0) is 14.8 Å². The molecule has 2 aromatic rings. The fourth-order valence-electron chi connectivity index (χ4n) is 3.27. The smallest absolute Gasteiger partial charge is 0.243 e. The van der Waals surface area contributed by atoms with E-state index in [-0.39, 0.29) is 23.9 Å². The van der Waals surface area contributed by atoms with Gasteiger partial charge in [-0.1, -0.05) is 30.3 Å². The molecular formula is C20H23FN2O4S. The number of piperidine rings is 1. The van der Waals surface area contributed by atoms with Crippen LogP contribution in [0.1, 0.15) is 24.5 Å². The number of nitrogens with one attached hydrogen (secondary N) is 1. The molecule has 150 valence electrons. The average Bonchev–Trinajstić information content (AvgIpc) is 2.72. The van der Waals surface area contributed by atoms with Gasteiger partial charge in [0.05, 0.1) is 16.9 Å². The van der Waals surface area contributed by atoms with Crippen molar-refractivity contribution < 1.29 is 22.7 Å². The summed E-state index contributed by atoms with van der Waals surface area (Å²) in [5.74, 6) is -1.28. The van der Waals surface area contributed by atoms with Crippen molar-refractivity contribution in [2.75, 3.05) is 19.6 Å². The fraction of sp³-hybridized carbons (Fsp3) is 0.350. The standard InChI is InChI=1S/C20H23FN2O4S/c21-17-8-10-18(11-9-17)28(26,27)23-12-4-7-16(14-23)20(25)22-13-19(24)15-5-2-1-3-6-15/h1-3,5-6,8-11,16,19,24H,4,7,12-14H2,(H,22,25)/t16-,19+/m1/s1. The molecule has 0 saturated carbocycles. The molecular weight excluding hydrogens is 383 g/mol. The molecule has 2 N–H and O–H groups in total. The number of sulfonamides is 1. The van der Waals surface area contributed by atoms with Gasteiger partial charge in [0.25, 0.3) is 0 Å². The number of aliphatic hydroxyl groups is 1. The minimum absolute atomic E-state index is 0.00876. The van der Waals surface area contributed by atoms with E-state index in [4.69, 9.17) is 0 Å². The number of hydrogen-bond donors (Lipinski definition) is 2. The van der Waals surface area contributed by atoms with Crippen LogP contribution in [0.5, 0.6) is 0 Å². The molecule has 0 aromatic heterocycles. The fourth-order valence-corrected chi connectivity index (χ4v) is 4.79. The second-order valence-corrected chi connectivity index (χ2v) is 8.77. The minimum Gasteiger partial charge on any atom is -0.387 e. The first-order valence-electron chi connectivity index (χ1n) is 9.14. The molecule has 0 unspecified atom stereocenters. The molecule has 1 fully saturated rings. The molecule has 2 atom stereocenters. The van der Waals surface area contributed by atoms with Crippen LogP contribution < -0.4 is 5.32 Å². The SMILES string of the molecule is O=C(NC[C@H](O)c1ccccc1)[C@@H]1CCCN(S(=O)(=O)c2ccc(F)cc2)C1. The Balaban J connectivity index is 1.61. The molecule has 1 saturated heterocycles. The van der Waals surface area contributed by atoms with Gasteiger partial charge in [0.2, 0.25) is 15.9 Å². The molecule has 28 heavy (non-hydrogen) atoms. The van der Waals surface area contributed by atoms with Crippen LogP contribution in [0.15, 0.2) is 59.5 Å². The summed E-state index contributed by atoms with van der Waals surface area (Å²) in [6.45, 7) is 0.438. The van der Waals surface area contributed by atoms with Crippen molar-refractivity contribution in [2.45, 2.75) is 23.8 Å². The van der Waals surface area contributed by atoms with Crippen LogP contribution in [-0.4, -0.2) is 43.4 Å². The van der Waals surface area contributed by atoms with Gasteiger partial charge in [-0.15, -0.1) is 0 Å². The molecule has 0 bridgehead atoms. The van der Waals surface area contributed by atoms with Crippen LogP contribution in [0.2, 0.25) is 0 Å². The molecule has 3 rings (SSSR count). The van der Waals surface area contributed by atoms with Gasteiger partial charge in [-0.2, -0.15) is 4.31 Å². The number of hydrogen-bond acceptors (Lipinski definition) is 4. The third-order valence-electron chi connectivity index (χ3n) is 4.86. The molecule has 1 aliphatic rings. The topological polar surface area (TPSA) is 86.7 Å². The zero-order chi connectivity index (χ0) is 20.1. The highest BCUT2D eigenvalue weighted by Crippen LogP contribution is 2.24. The Labute approximate surface area is 164 Å². The molecule has 0 spiro atoms.